The van der Waals surface area contributed by atoms with Gasteiger partial charge in [0.05, 0.1) is 6.61 Å². The minimum absolute atomic E-state index is 0.783. The van der Waals surface area contributed by atoms with Gasteiger partial charge in [0.2, 0.25) is 0 Å². The number of hydrogen-bond donors (Lipinski definition) is 1. The zero-order valence-corrected chi connectivity index (χ0v) is 12.0. The summed E-state index contributed by atoms with van der Waals surface area (Å²) in [6, 6.07) is 8.65. The average Bonchev–Trinajstić information content (AvgIpc) is 2.79. The van der Waals surface area contributed by atoms with E-state index in [4.69, 9.17) is 4.74 Å². The number of nitrogens with one attached hydrogen (secondary N) is 1. The van der Waals surface area contributed by atoms with Gasteiger partial charge in [0, 0.05) is 30.3 Å². The zero-order chi connectivity index (χ0) is 13.5. The van der Waals surface area contributed by atoms with Crippen LogP contribution in [0, 0.1) is 0 Å². The number of hydrogen-bond acceptors (Lipinski definition) is 2. The standard InChI is InChI=1S/C16H24N2O/c1-3-19-12-11-18-13-14(7-6-10-17-2)15-8-4-5-9-16(15)18/h4-5,8-9,13,17H,3,6-7,10-12H2,1-2H3. The smallest absolute Gasteiger partial charge is 0.0645 e. The summed E-state index contributed by atoms with van der Waals surface area (Å²) in [5, 5.41) is 4.59. The van der Waals surface area contributed by atoms with E-state index in [-0.39, 0.29) is 0 Å². The highest BCUT2D eigenvalue weighted by Gasteiger charge is 2.07. The Morgan fingerprint density at radius 2 is 2.11 bits per heavy atom. The highest BCUT2D eigenvalue weighted by Crippen LogP contribution is 2.22. The molecule has 1 heterocycles. The Morgan fingerprint density at radius 1 is 1.26 bits per heavy atom. The van der Waals surface area contributed by atoms with Crippen LogP contribution in [-0.4, -0.2) is 31.4 Å². The number of benzene rings is 1. The Labute approximate surface area is 115 Å². The van der Waals surface area contributed by atoms with Crippen molar-refractivity contribution in [3.05, 3.63) is 36.0 Å². The first-order valence-electron chi connectivity index (χ1n) is 7.16. The van der Waals surface area contributed by atoms with Gasteiger partial charge in [-0.2, -0.15) is 0 Å². The second kappa shape index (κ2) is 7.31. The maximum atomic E-state index is 5.46. The van der Waals surface area contributed by atoms with Crippen LogP contribution in [0.4, 0.5) is 0 Å². The van der Waals surface area contributed by atoms with Crippen LogP contribution in [-0.2, 0) is 17.7 Å². The van der Waals surface area contributed by atoms with Crippen LogP contribution < -0.4 is 5.32 Å². The lowest BCUT2D eigenvalue weighted by atomic mass is 10.1. The molecule has 3 nitrogen and oxygen atoms in total. The number of aryl methyl sites for hydroxylation is 1. The SMILES string of the molecule is CCOCCn1cc(CCCNC)c2ccccc21. The molecule has 0 fully saturated rings. The molecule has 0 radical (unpaired) electrons. The molecule has 0 unspecified atom stereocenters. The molecule has 0 saturated carbocycles. The molecular formula is C16H24N2O. The van der Waals surface area contributed by atoms with Crippen LogP contribution in [0.5, 0.6) is 0 Å². The third-order valence-electron chi connectivity index (χ3n) is 3.42. The summed E-state index contributed by atoms with van der Waals surface area (Å²) in [4.78, 5) is 0. The van der Waals surface area contributed by atoms with E-state index in [1.165, 1.54) is 22.9 Å². The van der Waals surface area contributed by atoms with Crippen molar-refractivity contribution in [2.24, 2.45) is 0 Å². The van der Waals surface area contributed by atoms with Crippen molar-refractivity contribution in [2.75, 3.05) is 26.8 Å². The Hall–Kier alpha value is -1.32. The third-order valence-corrected chi connectivity index (χ3v) is 3.42. The number of rotatable bonds is 8. The average molecular weight is 260 g/mol. The Bertz CT molecular complexity index is 460. The molecule has 0 aliphatic heterocycles. The van der Waals surface area contributed by atoms with Crippen molar-refractivity contribution in [1.82, 2.24) is 9.88 Å². The predicted molar refractivity (Wildman–Crippen MR) is 80.7 cm³/mol. The highest BCUT2D eigenvalue weighted by molar-refractivity contribution is 5.83. The van der Waals surface area contributed by atoms with Gasteiger partial charge in [-0.25, -0.2) is 0 Å². The van der Waals surface area contributed by atoms with Crippen LogP contribution in [0.15, 0.2) is 30.5 Å². The van der Waals surface area contributed by atoms with Crippen LogP contribution in [0.25, 0.3) is 10.9 Å². The number of ether oxygens (including phenoxy) is 1. The molecule has 1 aromatic heterocycles. The Balaban J connectivity index is 2.16. The maximum Gasteiger partial charge on any atom is 0.0645 e. The molecular weight excluding hydrogens is 236 g/mol. The number of para-hydroxylation sites is 1. The number of fused-ring (bicyclic) bond motifs is 1. The summed E-state index contributed by atoms with van der Waals surface area (Å²) in [6.45, 7) is 5.61. The van der Waals surface area contributed by atoms with Crippen molar-refractivity contribution in [1.29, 1.82) is 0 Å². The van der Waals surface area contributed by atoms with Crippen molar-refractivity contribution >= 4 is 10.9 Å². The number of nitrogens with zero attached hydrogens (tertiary/aromatic N) is 1. The second-order valence-corrected chi connectivity index (χ2v) is 4.77. The lowest BCUT2D eigenvalue weighted by Crippen LogP contribution is -2.08. The van der Waals surface area contributed by atoms with Crippen LogP contribution in [0.2, 0.25) is 0 Å². The van der Waals surface area contributed by atoms with E-state index in [1.54, 1.807) is 0 Å². The van der Waals surface area contributed by atoms with E-state index < -0.39 is 0 Å². The molecule has 0 aliphatic rings. The number of aromatic nitrogens is 1. The summed E-state index contributed by atoms with van der Waals surface area (Å²) in [5.41, 5.74) is 2.77. The Kier molecular flexibility index (Phi) is 5.43. The fourth-order valence-corrected chi connectivity index (χ4v) is 2.47. The molecule has 1 N–H and O–H groups in total. The topological polar surface area (TPSA) is 26.2 Å². The largest absolute Gasteiger partial charge is 0.380 e. The molecule has 0 aliphatic carbocycles. The fourth-order valence-electron chi connectivity index (χ4n) is 2.47. The summed E-state index contributed by atoms with van der Waals surface area (Å²) in [6.07, 6.45) is 4.60. The van der Waals surface area contributed by atoms with Gasteiger partial charge in [0.15, 0.2) is 0 Å². The van der Waals surface area contributed by atoms with Gasteiger partial charge in [0.1, 0.15) is 0 Å². The molecule has 0 spiro atoms. The van der Waals surface area contributed by atoms with Gasteiger partial charge in [-0.05, 0) is 45.0 Å². The first-order valence-corrected chi connectivity index (χ1v) is 7.16. The highest BCUT2D eigenvalue weighted by atomic mass is 16.5. The van der Waals surface area contributed by atoms with Gasteiger partial charge < -0.3 is 14.6 Å². The minimum Gasteiger partial charge on any atom is -0.380 e. The molecule has 0 amide bonds. The normalized spacial score (nSPS) is 11.3. The molecule has 104 valence electrons. The fraction of sp³-hybridized carbons (Fsp3) is 0.500. The molecule has 1 aromatic carbocycles. The lowest BCUT2D eigenvalue weighted by Gasteiger charge is -2.04. The summed E-state index contributed by atoms with van der Waals surface area (Å²) >= 11 is 0. The van der Waals surface area contributed by atoms with Gasteiger partial charge >= 0.3 is 0 Å². The van der Waals surface area contributed by atoms with Crippen LogP contribution in [0.3, 0.4) is 0 Å². The van der Waals surface area contributed by atoms with E-state index in [2.05, 4.69) is 40.3 Å². The zero-order valence-electron chi connectivity index (χ0n) is 12.0. The summed E-state index contributed by atoms with van der Waals surface area (Å²) in [5.74, 6) is 0. The molecule has 19 heavy (non-hydrogen) atoms. The molecule has 0 saturated heterocycles. The third kappa shape index (κ3) is 3.58. The second-order valence-electron chi connectivity index (χ2n) is 4.77. The summed E-state index contributed by atoms with van der Waals surface area (Å²) < 4.78 is 7.78. The predicted octanol–water partition coefficient (Wildman–Crippen LogP) is 2.83. The van der Waals surface area contributed by atoms with Crippen molar-refractivity contribution in [3.63, 3.8) is 0 Å². The van der Waals surface area contributed by atoms with Gasteiger partial charge in [-0.3, -0.25) is 0 Å². The van der Waals surface area contributed by atoms with Crippen molar-refractivity contribution < 1.29 is 4.74 Å². The first kappa shape index (κ1) is 14.1. The summed E-state index contributed by atoms with van der Waals surface area (Å²) in [7, 11) is 2.01. The quantitative estimate of drug-likeness (QED) is 0.739. The Morgan fingerprint density at radius 3 is 2.89 bits per heavy atom. The molecule has 0 bridgehead atoms. The van der Waals surface area contributed by atoms with Crippen molar-refractivity contribution in [2.45, 2.75) is 26.3 Å². The first-order chi connectivity index (χ1) is 9.36. The van der Waals surface area contributed by atoms with Gasteiger partial charge in [0.25, 0.3) is 0 Å². The van der Waals surface area contributed by atoms with Gasteiger partial charge in [-0.1, -0.05) is 18.2 Å². The van der Waals surface area contributed by atoms with E-state index in [1.807, 2.05) is 14.0 Å². The van der Waals surface area contributed by atoms with Crippen LogP contribution >= 0.6 is 0 Å². The molecule has 3 heteroatoms. The molecule has 0 atom stereocenters. The van der Waals surface area contributed by atoms with E-state index in [0.29, 0.717) is 0 Å². The van der Waals surface area contributed by atoms with E-state index in [0.717, 1.165) is 32.7 Å². The monoisotopic (exact) mass is 260 g/mol. The van der Waals surface area contributed by atoms with E-state index >= 15 is 0 Å². The maximum absolute atomic E-state index is 5.46. The van der Waals surface area contributed by atoms with Crippen molar-refractivity contribution in [3.8, 4) is 0 Å². The van der Waals surface area contributed by atoms with E-state index in [9.17, 15) is 0 Å². The molecule has 2 aromatic rings. The van der Waals surface area contributed by atoms with Crippen LogP contribution in [0.1, 0.15) is 18.9 Å². The minimum atomic E-state index is 0.783. The molecule has 2 rings (SSSR count). The lowest BCUT2D eigenvalue weighted by molar-refractivity contribution is 0.140. The van der Waals surface area contributed by atoms with Gasteiger partial charge in [-0.15, -0.1) is 0 Å².